The molecule has 0 heteroatoms. The lowest BCUT2D eigenvalue weighted by Gasteiger charge is -2.20. The summed E-state index contributed by atoms with van der Waals surface area (Å²) in [6.07, 6.45) is 11.1. The van der Waals surface area contributed by atoms with Crippen LogP contribution in [-0.4, -0.2) is 0 Å². The van der Waals surface area contributed by atoms with Gasteiger partial charge in [-0.3, -0.25) is 0 Å². The second-order valence-corrected chi connectivity index (χ2v) is 5.71. The number of hydrogen-bond acceptors (Lipinski definition) is 0. The average Bonchev–Trinajstić information content (AvgIpc) is 2.29. The van der Waals surface area contributed by atoms with Crippen molar-refractivity contribution >= 4 is 0 Å². The summed E-state index contributed by atoms with van der Waals surface area (Å²) >= 11 is 0. The van der Waals surface area contributed by atoms with Gasteiger partial charge in [-0.2, -0.15) is 0 Å². The van der Waals surface area contributed by atoms with E-state index in [0.717, 1.165) is 0 Å². The minimum atomic E-state index is 1.20. The van der Waals surface area contributed by atoms with Crippen LogP contribution in [0.2, 0.25) is 0 Å². The Hall–Kier alpha value is -1.04. The molecule has 2 aliphatic rings. The van der Waals surface area contributed by atoms with Crippen molar-refractivity contribution in [3.05, 3.63) is 45.6 Å². The van der Waals surface area contributed by atoms with Gasteiger partial charge in [0.25, 0.3) is 0 Å². The van der Waals surface area contributed by atoms with Crippen LogP contribution in [0.25, 0.3) is 0 Å². The van der Waals surface area contributed by atoms with Crippen molar-refractivity contribution in [3.63, 3.8) is 0 Å². The van der Waals surface area contributed by atoms with Crippen molar-refractivity contribution in [1.29, 1.82) is 0 Å². The van der Waals surface area contributed by atoms with E-state index in [0.29, 0.717) is 0 Å². The molecule has 0 aliphatic heterocycles. The maximum absolute atomic E-state index is 2.42. The molecule has 2 rings (SSSR count). The molecule has 0 heterocycles. The van der Waals surface area contributed by atoms with Crippen LogP contribution in [0.1, 0.15) is 59.8 Å². The molecule has 0 saturated carbocycles. The standard InChI is InChI=1S/C17H24/c1-12-5-7-16(9-14(12)3)11-17-8-6-13(2)15(4)10-17/h9-10H,5-8,11H2,1-4H3. The summed E-state index contributed by atoms with van der Waals surface area (Å²) in [5.74, 6) is 0. The zero-order valence-corrected chi connectivity index (χ0v) is 11.7. The van der Waals surface area contributed by atoms with Crippen LogP contribution in [0.5, 0.6) is 0 Å². The van der Waals surface area contributed by atoms with E-state index in [1.165, 1.54) is 43.3 Å². The van der Waals surface area contributed by atoms with E-state index in [2.05, 4.69) is 39.8 Å². The largest absolute Gasteiger partial charge is 0.0701 e. The molecule has 0 bridgehead atoms. The van der Waals surface area contributed by atoms with E-state index in [-0.39, 0.29) is 0 Å². The van der Waals surface area contributed by atoms with E-state index < -0.39 is 0 Å². The number of rotatable bonds is 2. The molecule has 0 N–H and O–H groups in total. The lowest BCUT2D eigenvalue weighted by Crippen LogP contribution is -2.00. The summed E-state index contributed by atoms with van der Waals surface area (Å²) in [4.78, 5) is 0. The minimum absolute atomic E-state index is 1.20. The van der Waals surface area contributed by atoms with Gasteiger partial charge in [0.1, 0.15) is 0 Å². The number of hydrogen-bond donors (Lipinski definition) is 0. The molecule has 0 spiro atoms. The van der Waals surface area contributed by atoms with Crippen LogP contribution >= 0.6 is 0 Å². The van der Waals surface area contributed by atoms with Crippen molar-refractivity contribution in [1.82, 2.24) is 0 Å². The Morgan fingerprint density at radius 1 is 0.706 bits per heavy atom. The summed E-state index contributed by atoms with van der Waals surface area (Å²) in [6, 6.07) is 0. The Labute approximate surface area is 106 Å². The predicted molar refractivity (Wildman–Crippen MR) is 76.0 cm³/mol. The van der Waals surface area contributed by atoms with Crippen molar-refractivity contribution in [2.24, 2.45) is 0 Å². The molecular weight excluding hydrogens is 204 g/mol. The first kappa shape index (κ1) is 12.4. The van der Waals surface area contributed by atoms with Gasteiger partial charge in [-0.05, 0) is 59.8 Å². The molecule has 0 amide bonds. The summed E-state index contributed by atoms with van der Waals surface area (Å²) in [5, 5.41) is 0. The lowest BCUT2D eigenvalue weighted by molar-refractivity contribution is 0.801. The third kappa shape index (κ3) is 3.00. The van der Waals surface area contributed by atoms with E-state index in [1.807, 2.05) is 0 Å². The fraction of sp³-hybridized carbons (Fsp3) is 0.529. The molecule has 0 fully saturated rings. The van der Waals surface area contributed by atoms with Gasteiger partial charge >= 0.3 is 0 Å². The second-order valence-electron chi connectivity index (χ2n) is 5.71. The van der Waals surface area contributed by atoms with Crippen molar-refractivity contribution in [2.45, 2.75) is 59.8 Å². The van der Waals surface area contributed by atoms with Gasteiger partial charge in [0.05, 0.1) is 0 Å². The van der Waals surface area contributed by atoms with Crippen LogP contribution in [0.4, 0.5) is 0 Å². The van der Waals surface area contributed by atoms with Crippen LogP contribution < -0.4 is 0 Å². The highest BCUT2D eigenvalue weighted by Crippen LogP contribution is 2.32. The van der Waals surface area contributed by atoms with E-state index in [9.17, 15) is 0 Å². The second kappa shape index (κ2) is 5.08. The summed E-state index contributed by atoms with van der Waals surface area (Å²) in [7, 11) is 0. The molecule has 0 unspecified atom stereocenters. The van der Waals surface area contributed by atoms with Crippen LogP contribution in [0, 0.1) is 0 Å². The molecule has 0 saturated heterocycles. The molecule has 0 aromatic heterocycles. The number of allylic oxidation sites excluding steroid dienone is 8. The van der Waals surface area contributed by atoms with Crippen LogP contribution in [0.3, 0.4) is 0 Å². The van der Waals surface area contributed by atoms with Gasteiger partial charge < -0.3 is 0 Å². The third-order valence-corrected chi connectivity index (χ3v) is 4.28. The van der Waals surface area contributed by atoms with Gasteiger partial charge in [-0.1, -0.05) is 45.6 Å². The molecule has 0 atom stereocenters. The SMILES string of the molecule is CC1=C(C)CCC(CC2=CC(C)=C(C)CC2)=C1. The first-order valence-electron chi connectivity index (χ1n) is 6.78. The van der Waals surface area contributed by atoms with Crippen LogP contribution in [0.15, 0.2) is 45.6 Å². The molecule has 0 radical (unpaired) electrons. The highest BCUT2D eigenvalue weighted by molar-refractivity contribution is 5.37. The third-order valence-electron chi connectivity index (χ3n) is 4.28. The fourth-order valence-electron chi connectivity index (χ4n) is 2.66. The topological polar surface area (TPSA) is 0 Å². The fourth-order valence-corrected chi connectivity index (χ4v) is 2.66. The molecular formula is C17H24. The van der Waals surface area contributed by atoms with Crippen molar-refractivity contribution < 1.29 is 0 Å². The zero-order chi connectivity index (χ0) is 12.4. The quantitative estimate of drug-likeness (QED) is 0.586. The monoisotopic (exact) mass is 228 g/mol. The maximum atomic E-state index is 2.42. The first-order valence-corrected chi connectivity index (χ1v) is 6.78. The minimum Gasteiger partial charge on any atom is -0.0701 e. The maximum Gasteiger partial charge on any atom is -0.0102 e. The Morgan fingerprint density at radius 2 is 1.12 bits per heavy atom. The van der Waals surface area contributed by atoms with E-state index in [1.54, 1.807) is 22.3 Å². The van der Waals surface area contributed by atoms with Gasteiger partial charge in [-0.25, -0.2) is 0 Å². The Bertz CT molecular complexity index is 397. The normalized spacial score (nSPS) is 21.6. The van der Waals surface area contributed by atoms with Crippen LogP contribution in [-0.2, 0) is 0 Å². The smallest absolute Gasteiger partial charge is 0.0102 e. The van der Waals surface area contributed by atoms with Gasteiger partial charge in [-0.15, -0.1) is 0 Å². The van der Waals surface area contributed by atoms with Gasteiger partial charge in [0.15, 0.2) is 0 Å². The van der Waals surface area contributed by atoms with Crippen molar-refractivity contribution in [2.75, 3.05) is 0 Å². The summed E-state index contributed by atoms with van der Waals surface area (Å²) in [6.45, 7) is 9.02. The average molecular weight is 228 g/mol. The molecule has 0 nitrogen and oxygen atoms in total. The van der Waals surface area contributed by atoms with Crippen molar-refractivity contribution in [3.8, 4) is 0 Å². The van der Waals surface area contributed by atoms with Gasteiger partial charge in [0.2, 0.25) is 0 Å². The highest BCUT2D eigenvalue weighted by atomic mass is 14.2. The molecule has 17 heavy (non-hydrogen) atoms. The molecule has 2 aliphatic carbocycles. The zero-order valence-electron chi connectivity index (χ0n) is 11.7. The Balaban J connectivity index is 2.09. The first-order chi connectivity index (χ1) is 8.06. The van der Waals surface area contributed by atoms with E-state index in [4.69, 9.17) is 0 Å². The van der Waals surface area contributed by atoms with E-state index >= 15 is 0 Å². The molecule has 92 valence electrons. The van der Waals surface area contributed by atoms with Gasteiger partial charge in [0, 0.05) is 0 Å². The predicted octanol–water partition coefficient (Wildman–Crippen LogP) is 5.49. The summed E-state index contributed by atoms with van der Waals surface area (Å²) < 4.78 is 0. The highest BCUT2D eigenvalue weighted by Gasteiger charge is 2.12. The Kier molecular flexibility index (Phi) is 3.71. The lowest BCUT2D eigenvalue weighted by atomic mass is 9.86. The molecule has 0 aromatic rings. The molecule has 0 aromatic carbocycles. The summed E-state index contributed by atoms with van der Waals surface area (Å²) in [5.41, 5.74) is 9.38. The Morgan fingerprint density at radius 3 is 1.47 bits per heavy atom.